The van der Waals surface area contributed by atoms with Crippen LogP contribution in [-0.2, 0) is 0 Å². The molecule has 0 aliphatic carbocycles. The van der Waals surface area contributed by atoms with E-state index in [-0.39, 0.29) is 0 Å². The molecule has 4 heteroatoms. The molecule has 0 aromatic rings. The number of hydrogen-bond donors (Lipinski definition) is 1. The third kappa shape index (κ3) is 3.37. The maximum absolute atomic E-state index is 5.29. The van der Waals surface area contributed by atoms with Crippen LogP contribution in [0.2, 0.25) is 0 Å². The number of hydrogen-bond acceptors (Lipinski definition) is 2. The van der Waals surface area contributed by atoms with Crippen LogP contribution in [0.3, 0.4) is 0 Å². The van der Waals surface area contributed by atoms with Gasteiger partial charge in [-0.2, -0.15) is 0 Å². The first kappa shape index (κ1) is 7.78. The average molecular weight is 138 g/mol. The summed E-state index contributed by atoms with van der Waals surface area (Å²) in [5, 5.41) is 0. The zero-order chi connectivity index (χ0) is 5.70. The average Bonchev–Trinajstić information content (AvgIpc) is 1.72. The van der Waals surface area contributed by atoms with Crippen molar-refractivity contribution in [3.8, 4) is 0 Å². The lowest BCUT2D eigenvalue weighted by Crippen LogP contribution is -2.26. The van der Waals surface area contributed by atoms with Gasteiger partial charge in [0.05, 0.1) is 0 Å². The van der Waals surface area contributed by atoms with Crippen LogP contribution < -0.4 is 5.73 Å². The van der Waals surface area contributed by atoms with Gasteiger partial charge >= 0.3 is 0 Å². The minimum atomic E-state index is 0.646. The molecule has 0 heterocycles. The molecule has 0 bridgehead atoms. The van der Waals surface area contributed by atoms with Gasteiger partial charge in [0.15, 0.2) is 0 Å². The Labute approximate surface area is 49.2 Å². The van der Waals surface area contributed by atoms with Crippen LogP contribution in [0.1, 0.15) is 0 Å². The first-order chi connectivity index (χ1) is 3.35. The first-order valence-electron chi connectivity index (χ1n) is 2.17. The van der Waals surface area contributed by atoms with E-state index in [0.29, 0.717) is 6.67 Å². The van der Waals surface area contributed by atoms with Crippen molar-refractivity contribution in [2.75, 3.05) is 19.2 Å². The van der Waals surface area contributed by atoms with Gasteiger partial charge in [-0.1, -0.05) is 0 Å². The Morgan fingerprint density at radius 2 is 1.71 bits per heavy atom. The highest BCUT2D eigenvalue weighted by molar-refractivity contribution is 7.17. The predicted octanol–water partition coefficient (Wildman–Crippen LogP) is -0.130. The zero-order valence-electron chi connectivity index (χ0n) is 4.30. The van der Waals surface area contributed by atoms with Crippen molar-refractivity contribution in [1.82, 2.24) is 4.90 Å². The predicted molar refractivity (Wildman–Crippen MR) is 40.0 cm³/mol. The van der Waals surface area contributed by atoms with Gasteiger partial charge < -0.3 is 5.73 Å². The van der Waals surface area contributed by atoms with E-state index in [0.717, 1.165) is 12.6 Å². The summed E-state index contributed by atoms with van der Waals surface area (Å²) in [4.78, 5) is 2.08. The number of nitrogens with two attached hydrogens (primary N) is 1. The second kappa shape index (κ2) is 4.93. The Hall–Kier alpha value is 0.780. The van der Waals surface area contributed by atoms with Gasteiger partial charge in [0, 0.05) is 19.2 Å². The van der Waals surface area contributed by atoms with Crippen molar-refractivity contribution in [1.29, 1.82) is 0 Å². The molecule has 0 aliphatic heterocycles. The largest absolute Gasteiger partial charge is 0.318 e. The monoisotopic (exact) mass is 138 g/mol. The molecule has 0 fully saturated rings. The van der Waals surface area contributed by atoms with Crippen LogP contribution in [0.15, 0.2) is 0 Å². The van der Waals surface area contributed by atoms with E-state index in [1.807, 2.05) is 0 Å². The van der Waals surface area contributed by atoms with Gasteiger partial charge in [0.25, 0.3) is 0 Å². The van der Waals surface area contributed by atoms with E-state index in [9.17, 15) is 0 Å². The fourth-order valence-corrected chi connectivity index (χ4v) is 1.12. The topological polar surface area (TPSA) is 29.3 Å². The molecule has 0 aliphatic rings. The molecule has 0 amide bonds. The summed E-state index contributed by atoms with van der Waals surface area (Å²) in [5.41, 5.74) is 5.29. The Balaban J connectivity index is 2.99. The normalized spacial score (nSPS) is 10.3. The number of rotatable bonds is 3. The van der Waals surface area contributed by atoms with E-state index in [2.05, 4.69) is 23.4 Å². The summed E-state index contributed by atoms with van der Waals surface area (Å²) >= 11 is 0. The smallest absolute Gasteiger partial charge is 0.0461 e. The molecule has 0 aromatic carbocycles. The summed E-state index contributed by atoms with van der Waals surface area (Å²) < 4.78 is 0. The van der Waals surface area contributed by atoms with Crippen molar-refractivity contribution in [2.24, 2.45) is 5.73 Å². The summed E-state index contributed by atoms with van der Waals surface area (Å²) in [6, 6.07) is 0. The second-order valence-electron chi connectivity index (χ2n) is 1.22. The van der Waals surface area contributed by atoms with Crippen LogP contribution >= 0.6 is 18.5 Å². The highest BCUT2D eigenvalue weighted by Gasteiger charge is 1.89. The maximum atomic E-state index is 5.29. The summed E-state index contributed by atoms with van der Waals surface area (Å²) in [7, 11) is 5.23. The van der Waals surface area contributed by atoms with Gasteiger partial charge in [-0.3, -0.25) is 4.90 Å². The summed E-state index contributed by atoms with van der Waals surface area (Å²) in [6.07, 6.45) is 1.92. The molecule has 2 nitrogen and oxygen atoms in total. The first-order valence-corrected chi connectivity index (χ1v) is 3.81. The lowest BCUT2D eigenvalue weighted by molar-refractivity contribution is 0.389. The van der Waals surface area contributed by atoms with Gasteiger partial charge in [-0.05, 0) is 0 Å². The van der Waals surface area contributed by atoms with Gasteiger partial charge in [-0.15, -0.1) is 18.5 Å². The maximum Gasteiger partial charge on any atom is 0.0461 e. The molecule has 44 valence electrons. The van der Waals surface area contributed by atoms with Crippen LogP contribution in [-0.4, -0.2) is 24.1 Å². The Kier molecular flexibility index (Phi) is 5.48. The zero-order valence-corrected chi connectivity index (χ0v) is 6.61. The Morgan fingerprint density at radius 3 is 1.71 bits per heavy atom. The van der Waals surface area contributed by atoms with Crippen LogP contribution in [0.4, 0.5) is 0 Å². The van der Waals surface area contributed by atoms with E-state index in [1.165, 1.54) is 0 Å². The molecule has 0 spiro atoms. The third-order valence-electron chi connectivity index (χ3n) is 0.775. The van der Waals surface area contributed by atoms with Crippen molar-refractivity contribution in [3.05, 3.63) is 0 Å². The molecule has 0 saturated heterocycles. The van der Waals surface area contributed by atoms with E-state index >= 15 is 0 Å². The van der Waals surface area contributed by atoms with Crippen molar-refractivity contribution < 1.29 is 0 Å². The second-order valence-corrected chi connectivity index (χ2v) is 1.95. The number of nitrogens with zero attached hydrogens (tertiary/aromatic N) is 1. The molecule has 2 unspecified atom stereocenters. The summed E-state index contributed by atoms with van der Waals surface area (Å²) in [5.74, 6) is 0. The molecule has 0 saturated carbocycles. The fourth-order valence-electron chi connectivity index (χ4n) is 0.224. The Morgan fingerprint density at radius 1 is 1.29 bits per heavy atom. The van der Waals surface area contributed by atoms with Crippen LogP contribution in [0.25, 0.3) is 0 Å². The Bertz CT molecular complexity index is 32.4. The van der Waals surface area contributed by atoms with Gasteiger partial charge in [-0.25, -0.2) is 0 Å². The lowest BCUT2D eigenvalue weighted by Gasteiger charge is -2.12. The van der Waals surface area contributed by atoms with Crippen LogP contribution in [0, 0.1) is 0 Å². The molecule has 2 N–H and O–H groups in total. The molecule has 0 radical (unpaired) electrons. The fraction of sp³-hybridized carbons (Fsp3) is 1.00. The molecule has 0 rings (SSSR count). The lowest BCUT2D eigenvalue weighted by atomic mass is 10.9. The van der Waals surface area contributed by atoms with Crippen molar-refractivity contribution in [3.63, 3.8) is 0 Å². The standard InChI is InChI=1S/C3H12N2P2/c4-1-5(2-6)3-7/h1-4,6-7H2. The molecular formula is C3H12N2P2. The minimum Gasteiger partial charge on any atom is -0.318 e. The van der Waals surface area contributed by atoms with E-state index in [1.54, 1.807) is 0 Å². The van der Waals surface area contributed by atoms with E-state index in [4.69, 9.17) is 5.73 Å². The summed E-state index contributed by atoms with van der Waals surface area (Å²) in [6.45, 7) is 0.646. The van der Waals surface area contributed by atoms with Crippen molar-refractivity contribution in [2.45, 2.75) is 0 Å². The molecule has 0 aromatic heterocycles. The van der Waals surface area contributed by atoms with Gasteiger partial charge in [0.2, 0.25) is 0 Å². The van der Waals surface area contributed by atoms with E-state index < -0.39 is 0 Å². The molecule has 7 heavy (non-hydrogen) atoms. The highest BCUT2D eigenvalue weighted by atomic mass is 31.0. The SMILES string of the molecule is NCN(CP)CP. The minimum absolute atomic E-state index is 0.646. The quantitative estimate of drug-likeness (QED) is 0.434. The van der Waals surface area contributed by atoms with Crippen LogP contribution in [0.5, 0.6) is 0 Å². The molecular weight excluding hydrogens is 126 g/mol. The van der Waals surface area contributed by atoms with Crippen molar-refractivity contribution >= 4 is 18.5 Å². The van der Waals surface area contributed by atoms with Gasteiger partial charge in [0.1, 0.15) is 0 Å². The highest BCUT2D eigenvalue weighted by Crippen LogP contribution is 1.93. The molecule has 2 atom stereocenters. The third-order valence-corrected chi connectivity index (χ3v) is 1.81.